The van der Waals surface area contributed by atoms with Gasteiger partial charge in [0.15, 0.2) is 0 Å². The molecule has 104 valence electrons. The van der Waals surface area contributed by atoms with Crippen LogP contribution in [0.15, 0.2) is 0 Å². The fourth-order valence-corrected chi connectivity index (χ4v) is 2.26. The van der Waals surface area contributed by atoms with Gasteiger partial charge in [-0.1, -0.05) is 46.5 Å². The normalized spacial score (nSPS) is 24.7. The van der Waals surface area contributed by atoms with Crippen molar-refractivity contribution in [2.45, 2.75) is 78.2 Å². The summed E-state index contributed by atoms with van der Waals surface area (Å²) in [5.41, 5.74) is 0. The summed E-state index contributed by atoms with van der Waals surface area (Å²) < 4.78 is 0. The zero-order valence-electron chi connectivity index (χ0n) is 12.2. The van der Waals surface area contributed by atoms with Crippen LogP contribution in [0.25, 0.3) is 0 Å². The highest BCUT2D eigenvalue weighted by atomic mass is 16.2. The van der Waals surface area contributed by atoms with Crippen LogP contribution >= 0.6 is 0 Å². The Morgan fingerprint density at radius 1 is 1.06 bits per heavy atom. The van der Waals surface area contributed by atoms with Crippen LogP contribution in [0.5, 0.6) is 0 Å². The van der Waals surface area contributed by atoms with Crippen LogP contribution in [-0.4, -0.2) is 24.3 Å². The van der Waals surface area contributed by atoms with Gasteiger partial charge in [0.05, 0.1) is 0 Å². The number of hydrogen-bond acceptors (Lipinski definition) is 2. The lowest BCUT2D eigenvalue weighted by Gasteiger charge is -2.22. The van der Waals surface area contributed by atoms with Gasteiger partial charge < -0.3 is 10.4 Å². The second-order valence-electron chi connectivity index (χ2n) is 5.25. The van der Waals surface area contributed by atoms with E-state index in [0.29, 0.717) is 6.61 Å². The third-order valence-electron chi connectivity index (χ3n) is 3.52. The van der Waals surface area contributed by atoms with Gasteiger partial charge in [-0.25, -0.2) is 0 Å². The predicted octanol–water partition coefficient (Wildman–Crippen LogP) is 3.73. The van der Waals surface area contributed by atoms with E-state index >= 15 is 0 Å². The third kappa shape index (κ3) is 9.61. The maximum absolute atomic E-state index is 7.88. The molecule has 0 amide bonds. The first-order valence-corrected chi connectivity index (χ1v) is 7.60. The Bertz CT molecular complexity index is 148. The molecular weight excluding hydrogens is 210 g/mol. The smallest absolute Gasteiger partial charge is 0.0428 e. The average molecular weight is 243 g/mol. The zero-order valence-corrected chi connectivity index (χ0v) is 12.2. The monoisotopic (exact) mass is 243 g/mol. The maximum atomic E-state index is 7.88. The van der Waals surface area contributed by atoms with Gasteiger partial charge in [-0.3, -0.25) is 0 Å². The van der Waals surface area contributed by atoms with E-state index in [-0.39, 0.29) is 0 Å². The average Bonchev–Trinajstić information content (AvgIpc) is 2.55. The molecule has 0 aromatic rings. The van der Waals surface area contributed by atoms with Crippen LogP contribution in [0.1, 0.15) is 72.1 Å². The summed E-state index contributed by atoms with van der Waals surface area (Å²) >= 11 is 0. The number of unbranched alkanes of at least 4 members (excludes halogenated alkanes) is 1. The van der Waals surface area contributed by atoms with E-state index < -0.39 is 0 Å². The summed E-state index contributed by atoms with van der Waals surface area (Å²) in [6, 6.07) is 0.814. The fraction of sp³-hybridized carbons (Fsp3) is 1.00. The predicted molar refractivity (Wildman–Crippen MR) is 76.3 cm³/mol. The highest BCUT2D eigenvalue weighted by molar-refractivity contribution is 4.76. The van der Waals surface area contributed by atoms with Crippen molar-refractivity contribution in [2.24, 2.45) is 5.92 Å². The summed E-state index contributed by atoms with van der Waals surface area (Å²) in [5, 5.41) is 11.6. The number of hydrogen-bond donors (Lipinski definition) is 2. The molecule has 2 atom stereocenters. The molecule has 0 aromatic carbocycles. The summed E-state index contributed by atoms with van der Waals surface area (Å²) in [6.07, 6.45) is 10.7. The Balaban J connectivity index is 0.000000557. The molecule has 1 aliphatic rings. The molecule has 0 radical (unpaired) electrons. The molecule has 17 heavy (non-hydrogen) atoms. The van der Waals surface area contributed by atoms with Gasteiger partial charge in [0, 0.05) is 12.6 Å². The van der Waals surface area contributed by atoms with Crippen molar-refractivity contribution < 1.29 is 5.11 Å². The number of aliphatic hydroxyl groups excluding tert-OH is 1. The van der Waals surface area contributed by atoms with E-state index in [9.17, 15) is 0 Å². The van der Waals surface area contributed by atoms with E-state index in [2.05, 4.69) is 19.2 Å². The minimum atomic E-state index is 0.319. The zero-order chi connectivity index (χ0) is 12.9. The second kappa shape index (κ2) is 12.4. The summed E-state index contributed by atoms with van der Waals surface area (Å²) in [7, 11) is 0. The van der Waals surface area contributed by atoms with Crippen molar-refractivity contribution in [3.63, 3.8) is 0 Å². The first-order valence-electron chi connectivity index (χ1n) is 7.60. The van der Waals surface area contributed by atoms with Crippen LogP contribution in [0, 0.1) is 5.92 Å². The summed E-state index contributed by atoms with van der Waals surface area (Å²) in [6.45, 7) is 8.15. The van der Waals surface area contributed by atoms with E-state index in [4.69, 9.17) is 5.11 Å². The molecule has 2 nitrogen and oxygen atoms in total. The lowest BCUT2D eigenvalue weighted by molar-refractivity contribution is 0.295. The van der Waals surface area contributed by atoms with Crippen molar-refractivity contribution in [3.8, 4) is 0 Å². The molecule has 0 spiro atoms. The molecule has 2 heteroatoms. The van der Waals surface area contributed by atoms with Gasteiger partial charge >= 0.3 is 0 Å². The van der Waals surface area contributed by atoms with E-state index in [0.717, 1.165) is 18.4 Å². The quantitative estimate of drug-likeness (QED) is 0.569. The van der Waals surface area contributed by atoms with Gasteiger partial charge in [0.2, 0.25) is 0 Å². The van der Waals surface area contributed by atoms with Crippen molar-refractivity contribution in [2.75, 3.05) is 13.2 Å². The van der Waals surface area contributed by atoms with Gasteiger partial charge in [-0.2, -0.15) is 0 Å². The molecule has 0 aromatic heterocycles. The van der Waals surface area contributed by atoms with Crippen molar-refractivity contribution in [1.82, 2.24) is 5.32 Å². The van der Waals surface area contributed by atoms with E-state index in [1.165, 1.54) is 51.5 Å². The molecule has 2 N–H and O–H groups in total. The number of rotatable bonds is 5. The topological polar surface area (TPSA) is 32.3 Å². The van der Waals surface area contributed by atoms with Gasteiger partial charge in [-0.15, -0.1) is 0 Å². The highest BCUT2D eigenvalue weighted by Crippen LogP contribution is 2.22. The summed E-state index contributed by atoms with van der Waals surface area (Å²) in [5.74, 6) is 0.902. The highest BCUT2D eigenvalue weighted by Gasteiger charge is 2.18. The van der Waals surface area contributed by atoms with Crippen LogP contribution < -0.4 is 5.32 Å². The van der Waals surface area contributed by atoms with Crippen LogP contribution in [0.3, 0.4) is 0 Å². The second-order valence-corrected chi connectivity index (χ2v) is 5.25. The molecule has 0 heterocycles. The standard InChI is InChI=1S/C12H25N.C3H8O/c1-3-4-10-13-12-9-7-5-6-8-11(12)2;1-2-3-4/h11-13H,3-10H2,1-2H3;4H,2-3H2,1H3. The Labute approximate surface area is 108 Å². The molecular formula is C15H33NO. The first-order chi connectivity index (χ1) is 8.26. The SMILES string of the molecule is CCCCNC1CCCCCC1C.CCCO. The fourth-order valence-electron chi connectivity index (χ4n) is 2.26. The maximum Gasteiger partial charge on any atom is 0.0428 e. The lowest BCUT2D eigenvalue weighted by atomic mass is 9.97. The molecule has 0 aliphatic heterocycles. The molecule has 1 aliphatic carbocycles. The molecule has 0 bridgehead atoms. The van der Waals surface area contributed by atoms with E-state index in [1.807, 2.05) is 6.92 Å². The molecule has 1 rings (SSSR count). The van der Waals surface area contributed by atoms with Crippen LogP contribution in [0.2, 0.25) is 0 Å². The Morgan fingerprint density at radius 3 is 2.29 bits per heavy atom. The minimum absolute atomic E-state index is 0.319. The Morgan fingerprint density at radius 2 is 1.71 bits per heavy atom. The van der Waals surface area contributed by atoms with Crippen molar-refractivity contribution in [3.05, 3.63) is 0 Å². The van der Waals surface area contributed by atoms with Crippen LogP contribution in [0.4, 0.5) is 0 Å². The largest absolute Gasteiger partial charge is 0.396 e. The molecule has 0 saturated heterocycles. The lowest BCUT2D eigenvalue weighted by Crippen LogP contribution is -2.34. The number of aliphatic hydroxyl groups is 1. The van der Waals surface area contributed by atoms with E-state index in [1.54, 1.807) is 0 Å². The van der Waals surface area contributed by atoms with Gasteiger partial charge in [0.1, 0.15) is 0 Å². The van der Waals surface area contributed by atoms with Crippen LogP contribution in [-0.2, 0) is 0 Å². The first kappa shape index (κ1) is 16.9. The van der Waals surface area contributed by atoms with Gasteiger partial charge in [-0.05, 0) is 38.1 Å². The van der Waals surface area contributed by atoms with Gasteiger partial charge in [0.25, 0.3) is 0 Å². The molecule has 1 saturated carbocycles. The van der Waals surface area contributed by atoms with Crippen molar-refractivity contribution >= 4 is 0 Å². The Hall–Kier alpha value is -0.0800. The Kier molecular flexibility index (Phi) is 12.3. The summed E-state index contributed by atoms with van der Waals surface area (Å²) in [4.78, 5) is 0. The molecule has 2 unspecified atom stereocenters. The molecule has 1 fully saturated rings. The van der Waals surface area contributed by atoms with Crippen molar-refractivity contribution in [1.29, 1.82) is 0 Å². The third-order valence-corrected chi connectivity index (χ3v) is 3.52. The number of nitrogens with one attached hydrogen (secondary N) is 1. The minimum Gasteiger partial charge on any atom is -0.396 e.